The fourth-order valence-corrected chi connectivity index (χ4v) is 4.27. The summed E-state index contributed by atoms with van der Waals surface area (Å²) < 4.78 is 37.8. The molecule has 0 saturated heterocycles. The molecule has 0 radical (unpaired) electrons. The van der Waals surface area contributed by atoms with E-state index in [4.69, 9.17) is 27.4 Å². The van der Waals surface area contributed by atoms with E-state index in [1.807, 2.05) is 0 Å². The molecular formula is C25H24N6O9S2. The number of esters is 2. The van der Waals surface area contributed by atoms with Crippen molar-refractivity contribution >= 4 is 56.4 Å². The van der Waals surface area contributed by atoms with E-state index in [0.29, 0.717) is 0 Å². The fraction of sp³-hybridized carbons (Fsp3) is 0.200. The largest absolute Gasteiger partial charge is 0.455 e. The van der Waals surface area contributed by atoms with E-state index < -0.39 is 39.6 Å². The van der Waals surface area contributed by atoms with E-state index in [2.05, 4.69) is 24.8 Å². The summed E-state index contributed by atoms with van der Waals surface area (Å²) in [6.45, 7) is 1.21. The van der Waals surface area contributed by atoms with Crippen LogP contribution in [0.4, 0.5) is 17.2 Å². The van der Waals surface area contributed by atoms with Crippen LogP contribution in [0.2, 0.25) is 0 Å². The highest BCUT2D eigenvalue weighted by atomic mass is 32.2. The molecule has 220 valence electrons. The second kappa shape index (κ2) is 14.6. The number of ether oxygens (including phenoxy) is 2. The van der Waals surface area contributed by atoms with Gasteiger partial charge in [0.1, 0.15) is 34.8 Å². The zero-order valence-corrected chi connectivity index (χ0v) is 23.5. The first-order valence-corrected chi connectivity index (χ1v) is 13.9. The Hall–Kier alpha value is -5.03. The number of aromatic nitrogens is 1. The van der Waals surface area contributed by atoms with Gasteiger partial charge in [-0.15, -0.1) is 10.1 Å². The maximum absolute atomic E-state index is 12.7. The van der Waals surface area contributed by atoms with E-state index >= 15 is 0 Å². The number of nitrogens with zero attached hydrogens (tertiary/aromatic N) is 4. The van der Waals surface area contributed by atoms with Crippen LogP contribution in [0, 0.1) is 10.1 Å². The Kier molecular flexibility index (Phi) is 10.9. The summed E-state index contributed by atoms with van der Waals surface area (Å²) >= 11 is 4.72. The van der Waals surface area contributed by atoms with Crippen LogP contribution in [0.5, 0.6) is 5.75 Å². The third-order valence-electron chi connectivity index (χ3n) is 5.17. The normalized spacial score (nSPS) is 11.8. The second-order valence-electron chi connectivity index (χ2n) is 8.27. The minimum absolute atomic E-state index is 0.0324. The van der Waals surface area contributed by atoms with Crippen molar-refractivity contribution in [1.29, 1.82) is 0 Å². The Morgan fingerprint density at radius 3 is 2.43 bits per heavy atom. The number of sulfonamides is 1. The van der Waals surface area contributed by atoms with Crippen molar-refractivity contribution in [3.8, 4) is 5.75 Å². The van der Waals surface area contributed by atoms with Crippen molar-refractivity contribution in [3.63, 3.8) is 0 Å². The van der Waals surface area contributed by atoms with Gasteiger partial charge < -0.3 is 20.0 Å². The zero-order chi connectivity index (χ0) is 30.7. The molecule has 3 aromatic rings. The molecule has 0 aliphatic heterocycles. The van der Waals surface area contributed by atoms with Crippen molar-refractivity contribution in [2.24, 2.45) is 16.0 Å². The number of anilines is 1. The van der Waals surface area contributed by atoms with Crippen molar-refractivity contribution in [3.05, 3.63) is 82.5 Å². The van der Waals surface area contributed by atoms with Crippen molar-refractivity contribution < 1.29 is 37.4 Å². The summed E-state index contributed by atoms with van der Waals surface area (Å²) in [4.78, 5) is 43.9. The van der Waals surface area contributed by atoms with Crippen LogP contribution in [-0.2, 0) is 24.4 Å². The molecule has 0 bridgehead atoms. The predicted octanol–water partition coefficient (Wildman–Crippen LogP) is 4.02. The van der Waals surface area contributed by atoms with Gasteiger partial charge in [-0.1, -0.05) is 25.2 Å². The van der Waals surface area contributed by atoms with E-state index in [0.717, 1.165) is 0 Å². The molecule has 2 aromatic carbocycles. The van der Waals surface area contributed by atoms with Crippen LogP contribution in [-0.4, -0.2) is 48.1 Å². The first-order chi connectivity index (χ1) is 20.0. The number of hydrogen-bond acceptors (Lipinski definition) is 13. The lowest BCUT2D eigenvalue weighted by molar-refractivity contribution is -0.768. The van der Waals surface area contributed by atoms with Gasteiger partial charge in [0.05, 0.1) is 22.7 Å². The molecule has 1 unspecified atom stereocenters. The molecule has 1 aromatic heterocycles. The number of azo groups is 1. The summed E-state index contributed by atoms with van der Waals surface area (Å²) in [5.74, 6) is -1.88. The lowest BCUT2D eigenvalue weighted by atomic mass is 10.1. The molecule has 0 aliphatic carbocycles. The number of thiocarbonyl (C=S) groups is 1. The number of nitrogens with one attached hydrogen (secondary N) is 1. The topological polar surface area (TPSA) is 215 Å². The number of nitrogens with two attached hydrogens (primary N) is 1. The van der Waals surface area contributed by atoms with Crippen molar-refractivity contribution in [1.82, 2.24) is 4.98 Å². The summed E-state index contributed by atoms with van der Waals surface area (Å²) in [7, 11) is -3.89. The average Bonchev–Trinajstić information content (AvgIpc) is 2.95. The Bertz CT molecular complexity index is 1580. The maximum atomic E-state index is 12.7. The Balaban J connectivity index is 1.78. The summed E-state index contributed by atoms with van der Waals surface area (Å²) in [6.07, 6.45) is 0.111. The van der Waals surface area contributed by atoms with Gasteiger partial charge in [0.2, 0.25) is 0 Å². The van der Waals surface area contributed by atoms with Crippen LogP contribution >= 0.6 is 12.2 Å². The molecule has 1 atom stereocenters. The Morgan fingerprint density at radius 2 is 1.81 bits per heavy atom. The van der Waals surface area contributed by atoms with E-state index in [-0.39, 0.29) is 51.4 Å². The minimum Gasteiger partial charge on any atom is -0.455 e. The summed E-state index contributed by atoms with van der Waals surface area (Å²) in [6, 6.07) is 14.2. The Labute approximate surface area is 244 Å². The van der Waals surface area contributed by atoms with Crippen molar-refractivity contribution in [2.45, 2.75) is 30.8 Å². The molecule has 3 rings (SSSR count). The predicted molar refractivity (Wildman–Crippen MR) is 152 cm³/mol. The second-order valence-corrected chi connectivity index (χ2v) is 10.5. The molecule has 3 N–H and O–H groups in total. The lowest BCUT2D eigenvalue weighted by Gasteiger charge is -2.13. The summed E-state index contributed by atoms with van der Waals surface area (Å²) in [5, 5.41) is 17.7. The molecule has 42 heavy (non-hydrogen) atoms. The van der Waals surface area contributed by atoms with Crippen LogP contribution in [0.25, 0.3) is 0 Å². The Morgan fingerprint density at radius 1 is 1.12 bits per heavy atom. The summed E-state index contributed by atoms with van der Waals surface area (Å²) in [5.41, 5.74) is 5.60. The van der Waals surface area contributed by atoms with Gasteiger partial charge in [0, 0.05) is 6.20 Å². The number of benzene rings is 2. The average molecular weight is 617 g/mol. The SMILES string of the molecule is CCC(CC(=O)Oc1ccc(N=Nc2ccc(S(=O)(=O)Nc3ccccn3)cc2)cc1C(=O)OCC(N)=S)O[N+](=O)[O-]. The van der Waals surface area contributed by atoms with Gasteiger partial charge in [-0.05, 0) is 61.0 Å². The van der Waals surface area contributed by atoms with Crippen LogP contribution in [0.3, 0.4) is 0 Å². The van der Waals surface area contributed by atoms with Gasteiger partial charge >= 0.3 is 11.9 Å². The zero-order valence-electron chi connectivity index (χ0n) is 21.9. The van der Waals surface area contributed by atoms with E-state index in [9.17, 15) is 28.1 Å². The molecule has 0 aliphatic rings. The lowest BCUT2D eigenvalue weighted by Crippen LogP contribution is -2.24. The van der Waals surface area contributed by atoms with Crippen LogP contribution in [0.1, 0.15) is 30.1 Å². The molecular weight excluding hydrogens is 592 g/mol. The van der Waals surface area contributed by atoms with Gasteiger partial charge in [0.25, 0.3) is 15.1 Å². The molecule has 1 heterocycles. The number of rotatable bonds is 14. The fourth-order valence-electron chi connectivity index (χ4n) is 3.20. The molecule has 0 saturated carbocycles. The highest BCUT2D eigenvalue weighted by Crippen LogP contribution is 2.28. The number of hydrogen-bond donors (Lipinski definition) is 2. The number of carbonyl (C=O) groups is 2. The van der Waals surface area contributed by atoms with Gasteiger partial charge in [0.15, 0.2) is 0 Å². The molecule has 15 nitrogen and oxygen atoms in total. The minimum atomic E-state index is -3.89. The smallest absolute Gasteiger partial charge is 0.342 e. The quantitative estimate of drug-likeness (QED) is 0.0656. The number of pyridine rings is 1. The number of carbonyl (C=O) groups excluding carboxylic acids is 2. The van der Waals surface area contributed by atoms with Gasteiger partial charge in [-0.3, -0.25) is 9.52 Å². The third kappa shape index (κ3) is 9.56. The molecule has 17 heteroatoms. The van der Waals surface area contributed by atoms with E-state index in [1.54, 1.807) is 19.1 Å². The van der Waals surface area contributed by atoms with Crippen LogP contribution < -0.4 is 15.2 Å². The van der Waals surface area contributed by atoms with Gasteiger partial charge in [-0.25, -0.2) is 18.2 Å². The monoisotopic (exact) mass is 616 g/mol. The maximum Gasteiger partial charge on any atom is 0.342 e. The highest BCUT2D eigenvalue weighted by Gasteiger charge is 2.22. The first-order valence-electron chi connectivity index (χ1n) is 12.0. The molecule has 0 fully saturated rings. The van der Waals surface area contributed by atoms with Crippen LogP contribution in [0.15, 0.2) is 82.0 Å². The van der Waals surface area contributed by atoms with Crippen molar-refractivity contribution in [2.75, 3.05) is 11.3 Å². The standard InChI is InChI=1S/C25H24N6O9S2/c1-2-18(40-31(34)35)14-24(32)39-21-11-8-17(13-20(21)25(33)38-15-22(26)41)29-28-16-6-9-19(10-7-16)42(36,37)30-23-5-3-4-12-27-23/h3-13,18H,2,14-15H2,1H3,(H2,26,41)(H,27,30). The van der Waals surface area contributed by atoms with Gasteiger partial charge in [-0.2, -0.15) is 10.2 Å². The molecule has 0 spiro atoms. The van der Waals surface area contributed by atoms with E-state index in [1.165, 1.54) is 54.7 Å². The molecule has 0 amide bonds. The third-order valence-corrected chi connectivity index (χ3v) is 6.66. The first kappa shape index (κ1) is 31.5. The highest BCUT2D eigenvalue weighted by molar-refractivity contribution is 7.92.